The number of aromatic hydroxyl groups is 1. The second kappa shape index (κ2) is 18.0. The first-order valence-corrected chi connectivity index (χ1v) is 17.0. The molecule has 2 aromatic carbocycles. The van der Waals surface area contributed by atoms with Gasteiger partial charge in [0.25, 0.3) is 0 Å². The standard InChI is InChI=1S/C32H35N3O3S.2C2H2O4/c1-22-18-23(6-7-25(22)21-35-14-4-5-15-35)31(37)30-27-10-9-26(36)19-28(27)39-32(30)24-8-11-29(33-20-24)38-17-16-34-12-2-3-13-34;2*3-1(4)2(5)6/h6-11,18-20,36H,2-5,12-17,21H2,1H3;2*(H,3,4)(H,5,6). The van der Waals surface area contributed by atoms with Crippen molar-refractivity contribution in [3.05, 3.63) is 77.0 Å². The van der Waals surface area contributed by atoms with Gasteiger partial charge in [-0.1, -0.05) is 12.1 Å². The minimum atomic E-state index is -1.82. The van der Waals surface area contributed by atoms with Gasteiger partial charge in [-0.3, -0.25) is 14.6 Å². The molecule has 51 heavy (non-hydrogen) atoms. The first-order chi connectivity index (χ1) is 24.3. The van der Waals surface area contributed by atoms with Gasteiger partial charge >= 0.3 is 23.9 Å². The molecular weight excluding hydrogens is 682 g/mol. The lowest BCUT2D eigenvalue weighted by Gasteiger charge is -2.17. The van der Waals surface area contributed by atoms with Gasteiger partial charge in [-0.25, -0.2) is 24.2 Å². The van der Waals surface area contributed by atoms with Crippen molar-refractivity contribution in [1.82, 2.24) is 14.8 Å². The number of phenolic OH excluding ortho intramolecular Hbond substituents is 1. The Labute approximate surface area is 297 Å². The average molecular weight is 722 g/mol. The Morgan fingerprint density at radius 2 is 1.39 bits per heavy atom. The van der Waals surface area contributed by atoms with Crippen LogP contribution in [0.1, 0.15) is 52.7 Å². The normalized spacial score (nSPS) is 14.2. The minimum Gasteiger partial charge on any atom is -0.508 e. The quantitative estimate of drug-likeness (QED) is 0.118. The molecule has 5 N–H and O–H groups in total. The molecule has 2 fully saturated rings. The van der Waals surface area contributed by atoms with Gasteiger partial charge in [0, 0.05) is 57.0 Å². The molecule has 4 heterocycles. The van der Waals surface area contributed by atoms with Crippen molar-refractivity contribution >= 4 is 51.1 Å². The Kier molecular flexibility index (Phi) is 13.6. The summed E-state index contributed by atoms with van der Waals surface area (Å²) in [7, 11) is 0. The van der Waals surface area contributed by atoms with Crippen molar-refractivity contribution < 1.29 is 54.2 Å². The monoisotopic (exact) mass is 721 g/mol. The van der Waals surface area contributed by atoms with Crippen LogP contribution in [-0.4, -0.2) is 109 Å². The largest absolute Gasteiger partial charge is 0.508 e. The Bertz CT molecular complexity index is 1830. The highest BCUT2D eigenvalue weighted by Gasteiger charge is 2.23. The minimum absolute atomic E-state index is 0.0105. The third-order valence-electron chi connectivity index (χ3n) is 8.32. The van der Waals surface area contributed by atoms with E-state index in [4.69, 9.17) is 44.3 Å². The van der Waals surface area contributed by atoms with Gasteiger partial charge in [0.2, 0.25) is 5.88 Å². The molecule has 0 radical (unpaired) electrons. The van der Waals surface area contributed by atoms with E-state index < -0.39 is 23.9 Å². The Morgan fingerprint density at radius 1 is 0.784 bits per heavy atom. The molecule has 15 heteroatoms. The Hall–Kier alpha value is -5.38. The maximum absolute atomic E-state index is 14.0. The van der Waals surface area contributed by atoms with E-state index in [9.17, 15) is 9.90 Å². The highest BCUT2D eigenvalue weighted by molar-refractivity contribution is 7.22. The van der Waals surface area contributed by atoms with Crippen molar-refractivity contribution in [3.8, 4) is 22.1 Å². The SMILES string of the molecule is Cc1cc(C(=O)c2c(-c3ccc(OCCN4CCCC4)nc3)sc3cc(O)ccc23)ccc1CN1CCCC1.O=C(O)C(=O)O.O=C(O)C(=O)O. The number of aliphatic carboxylic acids is 4. The number of thiophene rings is 1. The molecule has 270 valence electrons. The van der Waals surface area contributed by atoms with E-state index in [0.717, 1.165) is 65.4 Å². The van der Waals surface area contributed by atoms with E-state index >= 15 is 0 Å². The van der Waals surface area contributed by atoms with Gasteiger partial charge in [0.1, 0.15) is 12.4 Å². The number of fused-ring (bicyclic) bond motifs is 1. The lowest BCUT2D eigenvalue weighted by molar-refractivity contribution is -0.159. The van der Waals surface area contributed by atoms with Crippen LogP contribution < -0.4 is 4.74 Å². The van der Waals surface area contributed by atoms with E-state index in [1.165, 1.54) is 42.6 Å². The van der Waals surface area contributed by atoms with E-state index in [1.54, 1.807) is 18.3 Å². The summed E-state index contributed by atoms with van der Waals surface area (Å²) < 4.78 is 6.78. The van der Waals surface area contributed by atoms with Gasteiger partial charge in [-0.15, -0.1) is 11.3 Å². The van der Waals surface area contributed by atoms with E-state index in [0.29, 0.717) is 23.6 Å². The van der Waals surface area contributed by atoms with Crippen LogP contribution in [-0.2, 0) is 25.7 Å². The van der Waals surface area contributed by atoms with Crippen LogP contribution in [0.15, 0.2) is 54.7 Å². The summed E-state index contributed by atoms with van der Waals surface area (Å²) >= 11 is 1.51. The van der Waals surface area contributed by atoms with Crippen LogP contribution in [0, 0.1) is 6.92 Å². The van der Waals surface area contributed by atoms with Crippen molar-refractivity contribution in [1.29, 1.82) is 0 Å². The predicted molar refractivity (Wildman–Crippen MR) is 188 cm³/mol. The molecule has 2 aliphatic heterocycles. The second-order valence-electron chi connectivity index (χ2n) is 11.9. The number of aromatic nitrogens is 1. The molecular formula is C36H39N3O11S. The molecule has 0 atom stereocenters. The van der Waals surface area contributed by atoms with Crippen LogP contribution in [0.2, 0.25) is 0 Å². The molecule has 2 saturated heterocycles. The number of benzene rings is 2. The summed E-state index contributed by atoms with van der Waals surface area (Å²) in [6, 6.07) is 15.2. The van der Waals surface area contributed by atoms with Crippen LogP contribution in [0.3, 0.4) is 0 Å². The third-order valence-corrected chi connectivity index (χ3v) is 9.52. The van der Waals surface area contributed by atoms with Crippen molar-refractivity contribution in [2.45, 2.75) is 39.2 Å². The van der Waals surface area contributed by atoms with Gasteiger partial charge in [0.05, 0.1) is 0 Å². The molecule has 2 aromatic heterocycles. The summed E-state index contributed by atoms with van der Waals surface area (Å²) in [5.74, 6) is -6.52. The number of nitrogens with zero attached hydrogens (tertiary/aromatic N) is 3. The lowest BCUT2D eigenvalue weighted by atomic mass is 9.95. The molecule has 14 nitrogen and oxygen atoms in total. The number of aryl methyl sites for hydroxylation is 1. The zero-order valence-corrected chi connectivity index (χ0v) is 28.7. The molecule has 0 bridgehead atoms. The van der Waals surface area contributed by atoms with Crippen molar-refractivity contribution in [2.24, 2.45) is 0 Å². The van der Waals surface area contributed by atoms with E-state index in [1.807, 2.05) is 30.3 Å². The molecule has 0 unspecified atom stereocenters. The number of ether oxygens (including phenoxy) is 1. The fourth-order valence-corrected chi connectivity index (χ4v) is 6.96. The number of carboxylic acids is 4. The number of carboxylic acid groups (broad SMARTS) is 4. The first-order valence-electron chi connectivity index (χ1n) is 16.2. The van der Waals surface area contributed by atoms with Crippen molar-refractivity contribution in [2.75, 3.05) is 39.3 Å². The average Bonchev–Trinajstić information content (AvgIpc) is 3.88. The van der Waals surface area contributed by atoms with E-state index in [2.05, 4.69) is 27.8 Å². The number of ketones is 1. The van der Waals surface area contributed by atoms with Crippen molar-refractivity contribution in [3.63, 3.8) is 0 Å². The lowest BCUT2D eigenvalue weighted by Crippen LogP contribution is -2.25. The topological polar surface area (TPSA) is 215 Å². The van der Waals surface area contributed by atoms with E-state index in [-0.39, 0.29) is 11.5 Å². The molecule has 4 aromatic rings. The maximum atomic E-state index is 14.0. The number of hydrogen-bond donors (Lipinski definition) is 5. The van der Waals surface area contributed by atoms with Crippen LogP contribution >= 0.6 is 11.3 Å². The molecule has 0 amide bonds. The summed E-state index contributed by atoms with van der Waals surface area (Å²) in [6.45, 7) is 9.15. The number of rotatable bonds is 9. The van der Waals surface area contributed by atoms with Gasteiger partial charge in [0.15, 0.2) is 5.78 Å². The third kappa shape index (κ3) is 10.8. The smallest absolute Gasteiger partial charge is 0.414 e. The molecule has 2 aliphatic rings. The molecule has 0 aliphatic carbocycles. The predicted octanol–water partition coefficient (Wildman–Crippen LogP) is 4.59. The molecule has 0 spiro atoms. The summed E-state index contributed by atoms with van der Waals surface area (Å²) in [6.07, 6.45) is 6.85. The Morgan fingerprint density at radius 3 is 1.94 bits per heavy atom. The summed E-state index contributed by atoms with van der Waals surface area (Å²) in [5, 5.41) is 40.5. The summed E-state index contributed by atoms with van der Waals surface area (Å²) in [4.78, 5) is 60.7. The highest BCUT2D eigenvalue weighted by Crippen LogP contribution is 2.41. The summed E-state index contributed by atoms with van der Waals surface area (Å²) in [5.41, 5.74) is 4.63. The number of phenols is 1. The second-order valence-corrected chi connectivity index (χ2v) is 13.0. The van der Waals surface area contributed by atoms with Crippen LogP contribution in [0.4, 0.5) is 0 Å². The maximum Gasteiger partial charge on any atom is 0.414 e. The zero-order chi connectivity index (χ0) is 37.1. The van der Waals surface area contributed by atoms with Gasteiger partial charge in [-0.05, 0) is 100 Å². The fourth-order valence-electron chi connectivity index (χ4n) is 5.74. The fraction of sp³-hybridized carbons (Fsp3) is 0.333. The number of hydrogen-bond acceptors (Lipinski definition) is 11. The highest BCUT2D eigenvalue weighted by atomic mass is 32.1. The zero-order valence-electron chi connectivity index (χ0n) is 27.9. The first kappa shape index (κ1) is 38.4. The number of likely N-dealkylation sites (tertiary alicyclic amines) is 2. The molecule has 6 rings (SSSR count). The number of carbonyl (C=O) groups is 5. The van der Waals surface area contributed by atoms with Gasteiger partial charge < -0.3 is 30.3 Å². The molecule has 0 saturated carbocycles. The van der Waals surface area contributed by atoms with Crippen LogP contribution in [0.5, 0.6) is 11.6 Å². The van der Waals surface area contributed by atoms with Gasteiger partial charge in [-0.2, -0.15) is 0 Å². The Balaban J connectivity index is 0.000000420. The number of pyridine rings is 1. The number of carbonyl (C=O) groups excluding carboxylic acids is 1. The van der Waals surface area contributed by atoms with Crippen LogP contribution in [0.25, 0.3) is 20.5 Å².